The van der Waals surface area contributed by atoms with Crippen molar-refractivity contribution >= 4 is 5.69 Å². The third kappa shape index (κ3) is 2.78. The number of para-hydroxylation sites is 1. The molecule has 1 fully saturated rings. The molecule has 3 heteroatoms. The van der Waals surface area contributed by atoms with E-state index in [4.69, 9.17) is 0 Å². The largest absolute Gasteiger partial charge is 0.389 e. The number of rotatable bonds is 5. The summed E-state index contributed by atoms with van der Waals surface area (Å²) < 4.78 is 14.0. The monoisotopic (exact) mass is 237 g/mol. The Kier molecular flexibility index (Phi) is 3.67. The van der Waals surface area contributed by atoms with E-state index in [-0.39, 0.29) is 5.82 Å². The fraction of sp³-hybridized carbons (Fsp3) is 0.571. The fourth-order valence-electron chi connectivity index (χ4n) is 2.19. The molecule has 0 heterocycles. The highest BCUT2D eigenvalue weighted by Crippen LogP contribution is 2.35. The standard InChI is InChI=1S/C14H20FNO/c1-3-16(9-11-7-8-11)14-12(10(2)17)5-4-6-13(14)15/h4-6,10-11,17H,3,7-9H2,1-2H3/t10-/m1/s1. The van der Waals surface area contributed by atoms with Gasteiger partial charge in [-0.2, -0.15) is 0 Å². The Bertz CT molecular complexity index is 388. The zero-order valence-corrected chi connectivity index (χ0v) is 10.5. The van der Waals surface area contributed by atoms with Crippen LogP contribution in [0.4, 0.5) is 10.1 Å². The molecule has 1 aromatic carbocycles. The van der Waals surface area contributed by atoms with Gasteiger partial charge in [-0.15, -0.1) is 0 Å². The van der Waals surface area contributed by atoms with E-state index < -0.39 is 6.10 Å². The lowest BCUT2D eigenvalue weighted by molar-refractivity contribution is 0.199. The van der Waals surface area contributed by atoms with E-state index >= 15 is 0 Å². The van der Waals surface area contributed by atoms with Crippen molar-refractivity contribution in [3.63, 3.8) is 0 Å². The molecule has 1 aromatic rings. The molecule has 1 N–H and O–H groups in total. The van der Waals surface area contributed by atoms with E-state index in [0.717, 1.165) is 13.1 Å². The van der Waals surface area contributed by atoms with Gasteiger partial charge in [0.25, 0.3) is 0 Å². The van der Waals surface area contributed by atoms with Crippen molar-refractivity contribution in [2.24, 2.45) is 5.92 Å². The van der Waals surface area contributed by atoms with Crippen molar-refractivity contribution < 1.29 is 9.50 Å². The number of halogens is 1. The summed E-state index contributed by atoms with van der Waals surface area (Å²) >= 11 is 0. The molecule has 0 bridgehead atoms. The summed E-state index contributed by atoms with van der Waals surface area (Å²) in [5.74, 6) is 0.474. The molecule has 17 heavy (non-hydrogen) atoms. The van der Waals surface area contributed by atoms with E-state index in [1.165, 1.54) is 18.9 Å². The normalized spacial score (nSPS) is 16.9. The highest BCUT2D eigenvalue weighted by molar-refractivity contribution is 5.56. The molecule has 2 rings (SSSR count). The van der Waals surface area contributed by atoms with Crippen LogP contribution in [0.5, 0.6) is 0 Å². The number of aliphatic hydroxyl groups excluding tert-OH is 1. The molecule has 1 atom stereocenters. The highest BCUT2D eigenvalue weighted by Gasteiger charge is 2.26. The summed E-state index contributed by atoms with van der Waals surface area (Å²) in [6.45, 7) is 5.39. The van der Waals surface area contributed by atoms with Crippen LogP contribution in [-0.4, -0.2) is 18.2 Å². The molecule has 0 saturated heterocycles. The fourth-order valence-corrected chi connectivity index (χ4v) is 2.19. The molecule has 1 aliphatic carbocycles. The first kappa shape index (κ1) is 12.4. The van der Waals surface area contributed by atoms with Crippen LogP contribution in [0.2, 0.25) is 0 Å². The van der Waals surface area contributed by atoms with Gasteiger partial charge in [0.1, 0.15) is 5.82 Å². The van der Waals surface area contributed by atoms with Crippen LogP contribution in [0.15, 0.2) is 18.2 Å². The van der Waals surface area contributed by atoms with Gasteiger partial charge >= 0.3 is 0 Å². The van der Waals surface area contributed by atoms with Crippen LogP contribution in [0, 0.1) is 11.7 Å². The number of aliphatic hydroxyl groups is 1. The van der Waals surface area contributed by atoms with Gasteiger partial charge in [-0.25, -0.2) is 4.39 Å². The van der Waals surface area contributed by atoms with Crippen LogP contribution in [0.1, 0.15) is 38.4 Å². The van der Waals surface area contributed by atoms with E-state index in [2.05, 4.69) is 4.90 Å². The minimum Gasteiger partial charge on any atom is -0.389 e. The lowest BCUT2D eigenvalue weighted by atomic mass is 10.1. The minimum atomic E-state index is -0.631. The van der Waals surface area contributed by atoms with Gasteiger partial charge in [0.05, 0.1) is 11.8 Å². The highest BCUT2D eigenvalue weighted by atomic mass is 19.1. The summed E-state index contributed by atoms with van der Waals surface area (Å²) in [5, 5.41) is 9.73. The van der Waals surface area contributed by atoms with Crippen LogP contribution >= 0.6 is 0 Å². The summed E-state index contributed by atoms with van der Waals surface area (Å²) in [4.78, 5) is 2.05. The maximum Gasteiger partial charge on any atom is 0.146 e. The molecule has 1 saturated carbocycles. The zero-order valence-electron chi connectivity index (χ0n) is 10.5. The first-order chi connectivity index (χ1) is 8.13. The molecule has 0 unspecified atom stereocenters. The molecule has 0 amide bonds. The summed E-state index contributed by atoms with van der Waals surface area (Å²) in [6, 6.07) is 4.93. The van der Waals surface area contributed by atoms with E-state index in [1.54, 1.807) is 19.1 Å². The number of benzene rings is 1. The van der Waals surface area contributed by atoms with Crippen LogP contribution in [0.25, 0.3) is 0 Å². The molecule has 2 nitrogen and oxygen atoms in total. The third-order valence-corrected chi connectivity index (χ3v) is 3.34. The minimum absolute atomic E-state index is 0.231. The molecule has 0 aliphatic heterocycles. The maximum atomic E-state index is 14.0. The Morgan fingerprint density at radius 2 is 2.18 bits per heavy atom. The second-order valence-corrected chi connectivity index (χ2v) is 4.84. The van der Waals surface area contributed by atoms with Gasteiger partial charge in [0, 0.05) is 18.7 Å². The summed E-state index contributed by atoms with van der Waals surface area (Å²) in [7, 11) is 0. The van der Waals surface area contributed by atoms with Crippen molar-refractivity contribution in [3.8, 4) is 0 Å². The van der Waals surface area contributed by atoms with Gasteiger partial charge in [0.15, 0.2) is 0 Å². The van der Waals surface area contributed by atoms with E-state index in [1.807, 2.05) is 6.92 Å². The van der Waals surface area contributed by atoms with E-state index in [0.29, 0.717) is 17.2 Å². The van der Waals surface area contributed by atoms with Gasteiger partial charge in [-0.05, 0) is 38.7 Å². The van der Waals surface area contributed by atoms with Crippen molar-refractivity contribution in [1.29, 1.82) is 0 Å². The quantitative estimate of drug-likeness (QED) is 0.850. The first-order valence-corrected chi connectivity index (χ1v) is 6.35. The van der Waals surface area contributed by atoms with Crippen LogP contribution < -0.4 is 4.90 Å². The number of anilines is 1. The Balaban J connectivity index is 2.32. The Labute approximate surface area is 102 Å². The molecular weight excluding hydrogens is 217 g/mol. The molecule has 94 valence electrons. The second-order valence-electron chi connectivity index (χ2n) is 4.84. The van der Waals surface area contributed by atoms with Gasteiger partial charge in [0.2, 0.25) is 0 Å². The Morgan fingerprint density at radius 1 is 1.47 bits per heavy atom. The van der Waals surface area contributed by atoms with Gasteiger partial charge in [-0.1, -0.05) is 12.1 Å². The molecule has 0 spiro atoms. The topological polar surface area (TPSA) is 23.5 Å². The van der Waals surface area contributed by atoms with E-state index in [9.17, 15) is 9.50 Å². The first-order valence-electron chi connectivity index (χ1n) is 6.35. The summed E-state index contributed by atoms with van der Waals surface area (Å²) in [6.07, 6.45) is 1.86. The molecule has 0 aromatic heterocycles. The predicted molar refractivity (Wildman–Crippen MR) is 67.6 cm³/mol. The van der Waals surface area contributed by atoms with Crippen molar-refractivity contribution in [2.45, 2.75) is 32.8 Å². The molecule has 1 aliphatic rings. The number of hydrogen-bond donors (Lipinski definition) is 1. The van der Waals surface area contributed by atoms with Crippen molar-refractivity contribution in [1.82, 2.24) is 0 Å². The lowest BCUT2D eigenvalue weighted by Crippen LogP contribution is -2.27. The van der Waals surface area contributed by atoms with Gasteiger partial charge in [-0.3, -0.25) is 0 Å². The van der Waals surface area contributed by atoms with Crippen molar-refractivity contribution in [3.05, 3.63) is 29.6 Å². The zero-order chi connectivity index (χ0) is 12.4. The smallest absolute Gasteiger partial charge is 0.146 e. The van der Waals surface area contributed by atoms with Crippen molar-refractivity contribution in [2.75, 3.05) is 18.0 Å². The second kappa shape index (κ2) is 5.05. The van der Waals surface area contributed by atoms with Crippen LogP contribution in [-0.2, 0) is 0 Å². The molecule has 0 radical (unpaired) electrons. The van der Waals surface area contributed by atoms with Crippen LogP contribution in [0.3, 0.4) is 0 Å². The Morgan fingerprint density at radius 3 is 2.71 bits per heavy atom. The number of hydrogen-bond acceptors (Lipinski definition) is 2. The summed E-state index contributed by atoms with van der Waals surface area (Å²) in [5.41, 5.74) is 1.27. The average molecular weight is 237 g/mol. The third-order valence-electron chi connectivity index (χ3n) is 3.34. The Hall–Kier alpha value is -1.09. The SMILES string of the molecule is CCN(CC1CC1)c1c(F)cccc1[C@@H](C)O. The predicted octanol–water partition coefficient (Wildman–Crippen LogP) is 3.12. The molecular formula is C14H20FNO. The average Bonchev–Trinajstić information content (AvgIpc) is 3.10. The van der Waals surface area contributed by atoms with Gasteiger partial charge < -0.3 is 10.0 Å². The maximum absolute atomic E-state index is 14.0. The number of nitrogens with zero attached hydrogens (tertiary/aromatic N) is 1. The lowest BCUT2D eigenvalue weighted by Gasteiger charge is -2.27.